The lowest BCUT2D eigenvalue weighted by atomic mass is 9.97. The maximum Gasteiger partial charge on any atom is 0.220 e. The van der Waals surface area contributed by atoms with Crippen LogP contribution in [-0.2, 0) is 23.7 Å². The molecule has 1 amide bonds. The molecule has 2 aliphatic rings. The van der Waals surface area contributed by atoms with Gasteiger partial charge in [0.25, 0.3) is 0 Å². The van der Waals surface area contributed by atoms with Crippen molar-refractivity contribution in [2.24, 2.45) is 0 Å². The molecule has 9 N–H and O–H groups in total. The Hall–Kier alpha value is -1.79. The van der Waals surface area contributed by atoms with E-state index in [2.05, 4.69) is 43.5 Å². The predicted molar refractivity (Wildman–Crippen MR) is 346 cm³/mol. The molecule has 14 nitrogen and oxygen atoms in total. The Balaban J connectivity index is 1.68. The van der Waals surface area contributed by atoms with Crippen LogP contribution in [0.15, 0.2) is 36.5 Å². The van der Waals surface area contributed by atoms with Gasteiger partial charge in [-0.1, -0.05) is 301 Å². The van der Waals surface area contributed by atoms with Crippen LogP contribution in [0.5, 0.6) is 0 Å². The number of hydrogen-bond acceptors (Lipinski definition) is 13. The van der Waals surface area contributed by atoms with Gasteiger partial charge < -0.3 is 65.1 Å². The normalized spacial score (nSPS) is 23.7. The van der Waals surface area contributed by atoms with Gasteiger partial charge in [-0.2, -0.15) is 0 Å². The summed E-state index contributed by atoms with van der Waals surface area (Å²) in [6, 6.07) is -0.937. The van der Waals surface area contributed by atoms with Gasteiger partial charge in [0.2, 0.25) is 5.91 Å². The molecule has 0 spiro atoms. The first-order chi connectivity index (χ1) is 41.6. The third-order valence-corrected chi connectivity index (χ3v) is 17.6. The van der Waals surface area contributed by atoms with E-state index in [1.54, 1.807) is 6.08 Å². The Morgan fingerprint density at radius 1 is 0.412 bits per heavy atom. The van der Waals surface area contributed by atoms with E-state index in [4.69, 9.17) is 18.9 Å². The van der Waals surface area contributed by atoms with Crippen LogP contribution >= 0.6 is 0 Å². The van der Waals surface area contributed by atoms with Gasteiger partial charge in [-0.3, -0.25) is 4.79 Å². The Morgan fingerprint density at radius 3 is 1.15 bits per heavy atom. The predicted octanol–water partition coefficient (Wildman–Crippen LogP) is 14.5. The van der Waals surface area contributed by atoms with E-state index in [-0.39, 0.29) is 18.9 Å². The molecule has 0 aromatic carbocycles. The third-order valence-electron chi connectivity index (χ3n) is 17.6. The molecule has 0 aromatic heterocycles. The van der Waals surface area contributed by atoms with Crippen LogP contribution in [0.1, 0.15) is 316 Å². The number of unbranched alkanes of at least 4 members (excludes halogenated alkanes) is 42. The van der Waals surface area contributed by atoms with E-state index < -0.39 is 86.8 Å². The summed E-state index contributed by atoms with van der Waals surface area (Å²) in [6.07, 6.45) is 55.0. The number of allylic oxidation sites excluding steroid dienone is 5. The summed E-state index contributed by atoms with van der Waals surface area (Å²) in [6.45, 7) is 2.82. The molecular formula is C71H133NO13. The monoisotopic (exact) mass is 1210 g/mol. The summed E-state index contributed by atoms with van der Waals surface area (Å²) in [5, 5.41) is 87.4. The number of ether oxygens (including phenoxy) is 4. The van der Waals surface area contributed by atoms with Gasteiger partial charge in [-0.25, -0.2) is 0 Å². The highest BCUT2D eigenvalue weighted by Gasteiger charge is 2.51. The molecule has 14 heteroatoms. The second-order valence-electron chi connectivity index (χ2n) is 25.4. The van der Waals surface area contributed by atoms with Crippen LogP contribution in [0.2, 0.25) is 0 Å². The average Bonchev–Trinajstić information content (AvgIpc) is 3.69. The molecule has 0 saturated carbocycles. The number of aliphatic hydroxyl groups excluding tert-OH is 8. The van der Waals surface area contributed by atoms with Crippen LogP contribution in [0.3, 0.4) is 0 Å². The molecule has 500 valence electrons. The molecule has 85 heavy (non-hydrogen) atoms. The molecule has 2 saturated heterocycles. The van der Waals surface area contributed by atoms with Gasteiger partial charge in [0, 0.05) is 6.42 Å². The van der Waals surface area contributed by atoms with Crippen LogP contribution in [0.25, 0.3) is 0 Å². The number of rotatable bonds is 59. The number of carbonyl (C=O) groups excluding carboxylic acids is 1. The summed E-state index contributed by atoms with van der Waals surface area (Å²) in [7, 11) is 0. The van der Waals surface area contributed by atoms with Gasteiger partial charge in [-0.05, 0) is 44.9 Å². The van der Waals surface area contributed by atoms with Crippen molar-refractivity contribution in [2.75, 3.05) is 19.8 Å². The number of hydrogen-bond donors (Lipinski definition) is 9. The smallest absolute Gasteiger partial charge is 0.220 e. The topological polar surface area (TPSA) is 228 Å². The quantitative estimate of drug-likeness (QED) is 0.0204. The minimum Gasteiger partial charge on any atom is -0.394 e. The van der Waals surface area contributed by atoms with E-state index in [0.29, 0.717) is 12.8 Å². The van der Waals surface area contributed by atoms with Crippen LogP contribution in [0.4, 0.5) is 0 Å². The highest BCUT2D eigenvalue weighted by atomic mass is 16.7. The SMILES string of the molecule is CCCCCCCCCCCCCC/C=C/CC/C=C/CC/C=C/C(O)C(COC1OC(CO)C(OC2OC(CO)C(O)C(O)C2O)C(O)C1O)NC(=O)CCCCCCCCCCCCCCCCCCCCCCCCCCCCCCC. The van der Waals surface area contributed by atoms with Crippen LogP contribution in [0, 0.1) is 0 Å². The maximum absolute atomic E-state index is 13.3. The van der Waals surface area contributed by atoms with Gasteiger partial charge in [0.15, 0.2) is 12.6 Å². The molecule has 2 fully saturated rings. The summed E-state index contributed by atoms with van der Waals surface area (Å²) < 4.78 is 22.8. The fraction of sp³-hybridized carbons (Fsp3) is 0.901. The zero-order chi connectivity index (χ0) is 61.6. The summed E-state index contributed by atoms with van der Waals surface area (Å²) >= 11 is 0. The molecule has 0 aliphatic carbocycles. The van der Waals surface area contributed by atoms with E-state index in [9.17, 15) is 45.6 Å². The molecule has 2 heterocycles. The molecule has 0 aromatic rings. The van der Waals surface area contributed by atoms with Crippen molar-refractivity contribution in [3.05, 3.63) is 36.5 Å². The highest BCUT2D eigenvalue weighted by Crippen LogP contribution is 2.30. The molecule has 2 aliphatic heterocycles. The maximum atomic E-state index is 13.3. The highest BCUT2D eigenvalue weighted by molar-refractivity contribution is 5.76. The first-order valence-electron chi connectivity index (χ1n) is 35.7. The molecule has 12 unspecified atom stereocenters. The zero-order valence-corrected chi connectivity index (χ0v) is 54.4. The Morgan fingerprint density at radius 2 is 0.753 bits per heavy atom. The van der Waals surface area contributed by atoms with Gasteiger partial charge in [0.1, 0.15) is 48.8 Å². The summed E-state index contributed by atoms with van der Waals surface area (Å²) in [5.41, 5.74) is 0. The second kappa shape index (κ2) is 56.2. The first kappa shape index (κ1) is 79.3. The van der Waals surface area contributed by atoms with Crippen molar-refractivity contribution in [2.45, 2.75) is 389 Å². The van der Waals surface area contributed by atoms with E-state index in [0.717, 1.165) is 44.9 Å². The van der Waals surface area contributed by atoms with Crippen molar-refractivity contribution in [3.63, 3.8) is 0 Å². The lowest BCUT2D eigenvalue weighted by molar-refractivity contribution is -0.359. The minimum absolute atomic E-state index is 0.247. The van der Waals surface area contributed by atoms with Crippen LogP contribution in [-0.4, -0.2) is 140 Å². The van der Waals surface area contributed by atoms with Crippen molar-refractivity contribution in [1.82, 2.24) is 5.32 Å². The third kappa shape index (κ3) is 40.5. The summed E-state index contributed by atoms with van der Waals surface area (Å²) in [5.74, 6) is -0.247. The molecule has 0 radical (unpaired) electrons. The largest absolute Gasteiger partial charge is 0.394 e. The Labute approximate surface area is 519 Å². The zero-order valence-electron chi connectivity index (χ0n) is 54.4. The molecule has 2 rings (SSSR count). The van der Waals surface area contributed by atoms with Crippen molar-refractivity contribution in [3.8, 4) is 0 Å². The van der Waals surface area contributed by atoms with Crippen molar-refractivity contribution >= 4 is 5.91 Å². The van der Waals surface area contributed by atoms with Gasteiger partial charge in [0.05, 0.1) is 32.0 Å². The Kier molecular flexibility index (Phi) is 52.4. The molecule has 0 bridgehead atoms. The van der Waals surface area contributed by atoms with E-state index in [1.807, 2.05) is 6.08 Å². The number of carbonyl (C=O) groups is 1. The minimum atomic E-state index is -1.79. The lowest BCUT2D eigenvalue weighted by Crippen LogP contribution is -2.65. The van der Waals surface area contributed by atoms with Gasteiger partial charge >= 0.3 is 0 Å². The summed E-state index contributed by atoms with van der Waals surface area (Å²) in [4.78, 5) is 13.3. The number of nitrogens with one attached hydrogen (secondary N) is 1. The van der Waals surface area contributed by atoms with Crippen molar-refractivity contribution < 1.29 is 64.6 Å². The number of amides is 1. The fourth-order valence-electron chi connectivity index (χ4n) is 11.9. The molecule has 12 atom stereocenters. The van der Waals surface area contributed by atoms with Gasteiger partial charge in [-0.15, -0.1) is 0 Å². The standard InChI is InChI=1S/C71H133NO13/c1-3-5-7-9-11-13-15-17-19-21-23-25-27-28-29-30-31-32-33-35-37-39-41-43-45-47-49-51-53-55-63(76)72-59(58-82-70-68(81)66(79)69(62(57-74)84-70)85-71-67(80)65(78)64(77)61(56-73)83-71)60(75)54-52-50-48-46-44-42-40-38-36-34-26-24-22-20-18-16-14-12-10-8-6-4-2/h36,38,44,46,52,54,59-62,64-71,73-75,77-81H,3-35,37,39-43,45,47-51,53,55-58H2,1-2H3,(H,72,76)/b38-36+,46-44+,54-52+. The molecular weight excluding hydrogens is 1070 g/mol. The van der Waals surface area contributed by atoms with Crippen molar-refractivity contribution in [1.29, 1.82) is 0 Å². The second-order valence-corrected chi connectivity index (χ2v) is 25.4. The van der Waals surface area contributed by atoms with E-state index >= 15 is 0 Å². The average molecular weight is 1210 g/mol. The first-order valence-corrected chi connectivity index (χ1v) is 35.7. The number of aliphatic hydroxyl groups is 8. The Bertz CT molecular complexity index is 1560. The lowest BCUT2D eigenvalue weighted by Gasteiger charge is -2.46. The van der Waals surface area contributed by atoms with Crippen LogP contribution < -0.4 is 5.32 Å². The van der Waals surface area contributed by atoms with E-state index in [1.165, 1.54) is 238 Å². The fourth-order valence-corrected chi connectivity index (χ4v) is 11.9.